The highest BCUT2D eigenvalue weighted by molar-refractivity contribution is 5.81. The Bertz CT molecular complexity index is 395. The highest BCUT2D eigenvalue weighted by Crippen LogP contribution is 2.03. The maximum Gasteiger partial charge on any atom is 0.260 e. The third kappa shape index (κ3) is 5.42. The van der Waals surface area contributed by atoms with E-state index in [9.17, 15) is 9.59 Å². The molecule has 0 radical (unpaired) electrons. The van der Waals surface area contributed by atoms with E-state index in [4.69, 9.17) is 11.5 Å². The Morgan fingerprint density at radius 3 is 2.56 bits per heavy atom. The number of benzene rings is 1. The van der Waals surface area contributed by atoms with E-state index in [-0.39, 0.29) is 6.61 Å². The van der Waals surface area contributed by atoms with Gasteiger partial charge in [0.1, 0.15) is 0 Å². The monoisotopic (exact) mass is 251 g/mol. The fourth-order valence-corrected chi connectivity index (χ4v) is 1.35. The van der Waals surface area contributed by atoms with Crippen LogP contribution in [0.4, 0.5) is 0 Å². The van der Waals surface area contributed by atoms with Crippen LogP contribution in [0.25, 0.3) is 0 Å². The smallest absolute Gasteiger partial charge is 0.260 e. The van der Waals surface area contributed by atoms with Crippen LogP contribution in [0.2, 0.25) is 0 Å². The van der Waals surface area contributed by atoms with Crippen molar-refractivity contribution in [2.24, 2.45) is 11.5 Å². The van der Waals surface area contributed by atoms with Gasteiger partial charge in [-0.2, -0.15) is 0 Å². The van der Waals surface area contributed by atoms with Gasteiger partial charge < -0.3 is 11.5 Å². The molecule has 18 heavy (non-hydrogen) atoms. The van der Waals surface area contributed by atoms with Gasteiger partial charge in [-0.3, -0.25) is 14.4 Å². The number of nitrogens with one attached hydrogen (secondary N) is 1. The zero-order valence-electron chi connectivity index (χ0n) is 9.96. The van der Waals surface area contributed by atoms with Gasteiger partial charge in [-0.15, -0.1) is 0 Å². The van der Waals surface area contributed by atoms with E-state index in [0.717, 1.165) is 5.56 Å². The van der Waals surface area contributed by atoms with Crippen molar-refractivity contribution in [3.8, 4) is 0 Å². The number of carbonyl (C=O) groups is 2. The quantitative estimate of drug-likeness (QED) is 0.567. The summed E-state index contributed by atoms with van der Waals surface area (Å²) in [6.07, 6.45) is 1.20. The highest BCUT2D eigenvalue weighted by atomic mass is 16.7. The molecule has 0 aliphatic carbocycles. The molecule has 0 aliphatic rings. The molecule has 98 valence electrons. The Morgan fingerprint density at radius 1 is 1.28 bits per heavy atom. The lowest BCUT2D eigenvalue weighted by molar-refractivity contribution is -0.139. The summed E-state index contributed by atoms with van der Waals surface area (Å²) >= 11 is 0. The number of rotatable bonds is 7. The van der Waals surface area contributed by atoms with Gasteiger partial charge in [0.25, 0.3) is 5.91 Å². The molecular weight excluding hydrogens is 234 g/mol. The van der Waals surface area contributed by atoms with E-state index in [0.29, 0.717) is 12.8 Å². The summed E-state index contributed by atoms with van der Waals surface area (Å²) in [5.41, 5.74) is 13.7. The second kappa shape index (κ2) is 7.41. The van der Waals surface area contributed by atoms with Crippen molar-refractivity contribution in [1.29, 1.82) is 0 Å². The van der Waals surface area contributed by atoms with Crippen LogP contribution in [-0.4, -0.2) is 24.5 Å². The van der Waals surface area contributed by atoms with Crippen molar-refractivity contribution in [2.75, 3.05) is 6.61 Å². The molecule has 0 aromatic heterocycles. The van der Waals surface area contributed by atoms with Gasteiger partial charge >= 0.3 is 0 Å². The first-order valence-electron chi connectivity index (χ1n) is 5.59. The molecule has 0 saturated heterocycles. The Hall–Kier alpha value is -1.92. The van der Waals surface area contributed by atoms with Crippen molar-refractivity contribution in [1.82, 2.24) is 5.48 Å². The summed E-state index contributed by atoms with van der Waals surface area (Å²) in [6, 6.07) is 9.03. The molecule has 0 fully saturated rings. The first-order valence-corrected chi connectivity index (χ1v) is 5.59. The topological polar surface area (TPSA) is 107 Å². The molecule has 6 heteroatoms. The largest absolute Gasteiger partial charge is 0.368 e. The Labute approximate surface area is 105 Å². The maximum absolute atomic E-state index is 11.4. The molecule has 0 unspecified atom stereocenters. The fourth-order valence-electron chi connectivity index (χ4n) is 1.35. The first kappa shape index (κ1) is 14.1. The van der Waals surface area contributed by atoms with Gasteiger partial charge in [0.2, 0.25) is 5.91 Å². The normalized spacial score (nSPS) is 11.8. The van der Waals surface area contributed by atoms with Crippen LogP contribution in [0.3, 0.4) is 0 Å². The van der Waals surface area contributed by atoms with E-state index in [1.165, 1.54) is 0 Å². The van der Waals surface area contributed by atoms with Crippen LogP contribution in [-0.2, 0) is 20.8 Å². The van der Waals surface area contributed by atoms with Crippen LogP contribution in [0.1, 0.15) is 12.0 Å². The number of hydroxylamine groups is 1. The molecule has 2 amide bonds. The minimum Gasteiger partial charge on any atom is -0.368 e. The lowest BCUT2D eigenvalue weighted by atomic mass is 10.1. The number of carbonyl (C=O) groups excluding carboxylic acids is 2. The van der Waals surface area contributed by atoms with Gasteiger partial charge in [0.05, 0.1) is 6.04 Å². The highest BCUT2D eigenvalue weighted by Gasteiger charge is 2.13. The van der Waals surface area contributed by atoms with Crippen molar-refractivity contribution in [2.45, 2.75) is 18.9 Å². The number of nitrogens with two attached hydrogens (primary N) is 2. The minimum atomic E-state index is -0.682. The van der Waals surface area contributed by atoms with Gasteiger partial charge in [-0.05, 0) is 18.4 Å². The number of hydrogen-bond donors (Lipinski definition) is 3. The molecule has 0 bridgehead atoms. The van der Waals surface area contributed by atoms with Crippen LogP contribution < -0.4 is 16.9 Å². The van der Waals surface area contributed by atoms with Crippen LogP contribution in [0.5, 0.6) is 0 Å². The summed E-state index contributed by atoms with van der Waals surface area (Å²) in [7, 11) is 0. The van der Waals surface area contributed by atoms with Crippen LogP contribution in [0, 0.1) is 0 Å². The summed E-state index contributed by atoms with van der Waals surface area (Å²) in [5.74, 6) is -1.12. The first-order chi connectivity index (χ1) is 8.59. The summed E-state index contributed by atoms with van der Waals surface area (Å²) < 4.78 is 0. The Kier molecular flexibility index (Phi) is 5.83. The predicted octanol–water partition coefficient (Wildman–Crippen LogP) is -0.520. The number of amides is 2. The molecule has 1 aromatic carbocycles. The number of primary amides is 1. The molecule has 0 aliphatic heterocycles. The summed E-state index contributed by atoms with van der Waals surface area (Å²) in [5, 5.41) is 0. The third-order valence-corrected chi connectivity index (χ3v) is 2.31. The van der Waals surface area contributed by atoms with Crippen molar-refractivity contribution >= 4 is 11.8 Å². The fraction of sp³-hybridized carbons (Fsp3) is 0.333. The number of aryl methyl sites for hydroxylation is 1. The van der Waals surface area contributed by atoms with Crippen molar-refractivity contribution in [3.63, 3.8) is 0 Å². The molecule has 0 saturated carbocycles. The second-order valence-electron chi connectivity index (χ2n) is 3.85. The van der Waals surface area contributed by atoms with Crippen LogP contribution >= 0.6 is 0 Å². The van der Waals surface area contributed by atoms with Gasteiger partial charge in [-0.1, -0.05) is 30.3 Å². The average molecular weight is 251 g/mol. The Balaban J connectivity index is 2.25. The Morgan fingerprint density at radius 2 is 1.94 bits per heavy atom. The molecule has 5 N–H and O–H groups in total. The lowest BCUT2D eigenvalue weighted by Gasteiger charge is -2.11. The maximum atomic E-state index is 11.4. The predicted molar refractivity (Wildman–Crippen MR) is 66.0 cm³/mol. The lowest BCUT2D eigenvalue weighted by Crippen LogP contribution is -2.41. The molecule has 1 rings (SSSR count). The van der Waals surface area contributed by atoms with Gasteiger partial charge in [0.15, 0.2) is 6.61 Å². The van der Waals surface area contributed by atoms with Crippen molar-refractivity contribution < 1.29 is 14.4 Å². The summed E-state index contributed by atoms with van der Waals surface area (Å²) in [6.45, 7) is -0.364. The molecule has 6 nitrogen and oxygen atoms in total. The van der Waals surface area contributed by atoms with E-state index in [1.54, 1.807) is 0 Å². The average Bonchev–Trinajstić information content (AvgIpc) is 2.36. The molecule has 1 aromatic rings. The van der Waals surface area contributed by atoms with Crippen LogP contribution in [0.15, 0.2) is 30.3 Å². The number of hydrogen-bond acceptors (Lipinski definition) is 4. The van der Waals surface area contributed by atoms with E-state index in [2.05, 4.69) is 10.3 Å². The van der Waals surface area contributed by atoms with E-state index in [1.807, 2.05) is 30.3 Å². The van der Waals surface area contributed by atoms with E-state index < -0.39 is 17.9 Å². The molecule has 0 heterocycles. The standard InChI is InChI=1S/C12H17N3O3/c13-10(12(17)15-18-8-11(14)16)7-6-9-4-2-1-3-5-9/h1-5,10H,6-8,13H2,(H2,14,16)(H,15,17)/t10-/m0/s1. The zero-order chi connectivity index (χ0) is 13.4. The molecular formula is C12H17N3O3. The third-order valence-electron chi connectivity index (χ3n) is 2.31. The second-order valence-corrected chi connectivity index (χ2v) is 3.85. The van der Waals surface area contributed by atoms with Gasteiger partial charge in [0, 0.05) is 0 Å². The zero-order valence-corrected chi connectivity index (χ0v) is 9.96. The van der Waals surface area contributed by atoms with Crippen molar-refractivity contribution in [3.05, 3.63) is 35.9 Å². The molecule has 1 atom stereocenters. The molecule has 0 spiro atoms. The van der Waals surface area contributed by atoms with Gasteiger partial charge in [-0.25, -0.2) is 5.48 Å². The minimum absolute atomic E-state index is 0.364. The SMILES string of the molecule is NC(=O)CONC(=O)[C@@H](N)CCc1ccccc1. The van der Waals surface area contributed by atoms with E-state index >= 15 is 0 Å². The summed E-state index contributed by atoms with van der Waals surface area (Å²) in [4.78, 5) is 26.4.